The highest BCUT2D eigenvalue weighted by atomic mass is 31.2. The van der Waals surface area contributed by atoms with Gasteiger partial charge in [0.05, 0.1) is 19.8 Å². The summed E-state index contributed by atoms with van der Waals surface area (Å²) < 4.78 is 32.7. The maximum absolute atomic E-state index is 12.6. The second-order valence-electron chi connectivity index (χ2n) is 14.4. The minimum atomic E-state index is -4.60. The van der Waals surface area contributed by atoms with Crippen LogP contribution >= 0.6 is 7.82 Å². The largest absolute Gasteiger partial charge is 0.472 e. The maximum Gasteiger partial charge on any atom is 0.472 e. The van der Waals surface area contributed by atoms with E-state index in [1.165, 1.54) is 135 Å². The summed E-state index contributed by atoms with van der Waals surface area (Å²) >= 11 is 0. The second kappa shape index (κ2) is 37.3. The number of rotatable bonds is 40. The van der Waals surface area contributed by atoms with Gasteiger partial charge in [0.25, 0.3) is 0 Å². The Morgan fingerprint density at radius 3 is 1.22 bits per heavy atom. The van der Waals surface area contributed by atoms with Crippen LogP contribution in [0.25, 0.3) is 0 Å². The van der Waals surface area contributed by atoms with Crippen LogP contribution in [-0.2, 0) is 32.7 Å². The van der Waals surface area contributed by atoms with Crippen LogP contribution in [-0.4, -0.2) is 65.7 Å². The number of phosphoric acid groups is 1. The highest BCUT2D eigenvalue weighted by Crippen LogP contribution is 2.43. The molecule has 0 saturated heterocycles. The van der Waals surface area contributed by atoms with Crippen molar-refractivity contribution < 1.29 is 47.8 Å². The average molecular weight is 751 g/mol. The molecular weight excluding hydrogens is 671 g/mol. The quantitative estimate of drug-likeness (QED) is 0.0314. The molecule has 0 aliphatic heterocycles. The van der Waals surface area contributed by atoms with E-state index in [1.807, 2.05) is 0 Å². The van der Waals surface area contributed by atoms with Gasteiger partial charge in [0.15, 0.2) is 6.10 Å². The van der Waals surface area contributed by atoms with E-state index in [4.69, 9.17) is 19.1 Å². The van der Waals surface area contributed by atoms with Crippen LogP contribution in [0.5, 0.6) is 0 Å². The van der Waals surface area contributed by atoms with E-state index >= 15 is 0 Å². The van der Waals surface area contributed by atoms with E-state index in [0.717, 1.165) is 32.1 Å². The topological polar surface area (TPSA) is 149 Å². The second-order valence-corrected chi connectivity index (χ2v) is 15.8. The molecule has 0 radical (unpaired) electrons. The molecule has 0 saturated carbocycles. The van der Waals surface area contributed by atoms with Crippen LogP contribution in [0.4, 0.5) is 0 Å². The van der Waals surface area contributed by atoms with Gasteiger partial charge >= 0.3 is 19.8 Å². The number of aliphatic hydroxyl groups excluding tert-OH is 2. The summed E-state index contributed by atoms with van der Waals surface area (Å²) in [6, 6.07) is 0. The molecule has 0 aromatic heterocycles. The molecule has 0 aliphatic carbocycles. The number of hydrogen-bond acceptors (Lipinski definition) is 9. The van der Waals surface area contributed by atoms with Crippen molar-refractivity contribution in [1.82, 2.24) is 0 Å². The zero-order valence-electron chi connectivity index (χ0n) is 32.8. The van der Waals surface area contributed by atoms with Crippen molar-refractivity contribution >= 4 is 19.8 Å². The Bertz CT molecular complexity index is 827. The Labute approximate surface area is 312 Å². The van der Waals surface area contributed by atoms with Crippen molar-refractivity contribution in [3.05, 3.63) is 0 Å². The number of ether oxygens (including phenoxy) is 2. The number of carbonyl (C=O) groups excluding carboxylic acids is 2. The summed E-state index contributed by atoms with van der Waals surface area (Å²) in [7, 11) is -4.60. The van der Waals surface area contributed by atoms with Crippen LogP contribution in [0.15, 0.2) is 0 Å². The zero-order valence-corrected chi connectivity index (χ0v) is 33.7. The fourth-order valence-electron chi connectivity index (χ4n) is 5.99. The van der Waals surface area contributed by atoms with Gasteiger partial charge in [0.2, 0.25) is 0 Å². The molecule has 0 heterocycles. The third-order valence-corrected chi connectivity index (χ3v) is 10.2. The average Bonchev–Trinajstić information content (AvgIpc) is 3.12. The lowest BCUT2D eigenvalue weighted by Crippen LogP contribution is -2.29. The smallest absolute Gasteiger partial charge is 0.462 e. The Balaban J connectivity index is 4.28. The zero-order chi connectivity index (χ0) is 37.7. The van der Waals surface area contributed by atoms with Gasteiger partial charge < -0.3 is 24.6 Å². The van der Waals surface area contributed by atoms with Gasteiger partial charge in [-0.1, -0.05) is 181 Å². The highest BCUT2D eigenvalue weighted by molar-refractivity contribution is 7.47. The first-order valence-electron chi connectivity index (χ1n) is 21.0. The van der Waals surface area contributed by atoms with E-state index in [0.29, 0.717) is 12.8 Å². The Hall–Kier alpha value is -1.03. The van der Waals surface area contributed by atoms with E-state index in [-0.39, 0.29) is 19.4 Å². The third-order valence-electron chi connectivity index (χ3n) is 9.26. The lowest BCUT2D eigenvalue weighted by molar-refractivity contribution is -0.161. The lowest BCUT2D eigenvalue weighted by Gasteiger charge is -2.20. The predicted octanol–water partition coefficient (Wildman–Crippen LogP) is 10.7. The molecule has 0 rings (SSSR count). The summed E-state index contributed by atoms with van der Waals surface area (Å²) in [5.41, 5.74) is 0. The predicted molar refractivity (Wildman–Crippen MR) is 206 cm³/mol. The number of aliphatic hydroxyl groups is 2. The van der Waals surface area contributed by atoms with Crippen LogP contribution in [0, 0.1) is 0 Å². The van der Waals surface area contributed by atoms with Crippen molar-refractivity contribution in [3.63, 3.8) is 0 Å². The van der Waals surface area contributed by atoms with Crippen molar-refractivity contribution in [2.75, 3.05) is 26.4 Å². The number of unbranched alkanes of at least 4 members (excludes halogenated alkanes) is 26. The minimum Gasteiger partial charge on any atom is -0.462 e. The third kappa shape index (κ3) is 37.1. The molecule has 0 spiro atoms. The van der Waals surface area contributed by atoms with Crippen molar-refractivity contribution in [2.24, 2.45) is 0 Å². The molecule has 3 atom stereocenters. The Morgan fingerprint density at radius 2 is 0.843 bits per heavy atom. The lowest BCUT2D eigenvalue weighted by atomic mass is 10.0. The Kier molecular flexibility index (Phi) is 36.5. The van der Waals surface area contributed by atoms with Crippen LogP contribution < -0.4 is 0 Å². The number of hydrogen-bond donors (Lipinski definition) is 3. The highest BCUT2D eigenvalue weighted by Gasteiger charge is 2.27. The minimum absolute atomic E-state index is 0.192. The molecule has 0 fully saturated rings. The fraction of sp³-hybridized carbons (Fsp3) is 0.950. The van der Waals surface area contributed by atoms with Crippen LogP contribution in [0.2, 0.25) is 0 Å². The van der Waals surface area contributed by atoms with E-state index in [1.54, 1.807) is 0 Å². The molecule has 0 amide bonds. The molecule has 0 aromatic rings. The van der Waals surface area contributed by atoms with Crippen LogP contribution in [0.3, 0.4) is 0 Å². The molecule has 0 aliphatic rings. The van der Waals surface area contributed by atoms with Crippen molar-refractivity contribution in [1.29, 1.82) is 0 Å². The van der Waals surface area contributed by atoms with Gasteiger partial charge in [-0.3, -0.25) is 18.6 Å². The van der Waals surface area contributed by atoms with E-state index < -0.39 is 51.8 Å². The van der Waals surface area contributed by atoms with Crippen molar-refractivity contribution in [3.8, 4) is 0 Å². The first-order valence-corrected chi connectivity index (χ1v) is 22.5. The molecular formula is C40H79O10P. The Morgan fingerprint density at radius 1 is 0.510 bits per heavy atom. The first kappa shape index (κ1) is 50.0. The van der Waals surface area contributed by atoms with Crippen LogP contribution in [0.1, 0.15) is 206 Å². The molecule has 304 valence electrons. The first-order chi connectivity index (χ1) is 24.7. The number of carbonyl (C=O) groups is 2. The summed E-state index contributed by atoms with van der Waals surface area (Å²) in [5.74, 6) is -0.911. The number of phosphoric ester groups is 1. The molecule has 11 heteroatoms. The molecule has 51 heavy (non-hydrogen) atoms. The van der Waals surface area contributed by atoms with E-state index in [2.05, 4.69) is 18.4 Å². The SMILES string of the molecule is CCCCCCCCCCCCCCCCC(=O)OCC(COP(=O)(O)OC[C@@H](O)CO)OC(=O)CCCCCCCCCCCCCCCC. The number of esters is 2. The molecule has 0 aromatic carbocycles. The monoisotopic (exact) mass is 751 g/mol. The van der Waals surface area contributed by atoms with Gasteiger partial charge in [-0.05, 0) is 12.8 Å². The standard InChI is InChI=1S/C40H79O10P/c1-3-5-7-9-11-13-15-17-19-21-23-25-27-29-31-39(43)47-35-38(36-49-51(45,46)48-34-37(42)33-41)50-40(44)32-30-28-26-24-22-20-18-16-14-12-10-8-6-4-2/h37-38,41-42H,3-36H2,1-2H3,(H,45,46)/t37-,38?/m0/s1. The fourth-order valence-corrected chi connectivity index (χ4v) is 6.78. The summed E-state index contributed by atoms with van der Waals surface area (Å²) in [6.07, 6.45) is 32.1. The molecule has 3 N–H and O–H groups in total. The van der Waals surface area contributed by atoms with Gasteiger partial charge in [-0.2, -0.15) is 0 Å². The molecule has 10 nitrogen and oxygen atoms in total. The molecule has 0 bridgehead atoms. The molecule has 2 unspecified atom stereocenters. The van der Waals surface area contributed by atoms with E-state index in [9.17, 15) is 24.2 Å². The summed E-state index contributed by atoms with van der Waals surface area (Å²) in [6.45, 7) is 2.41. The van der Waals surface area contributed by atoms with Gasteiger partial charge in [-0.15, -0.1) is 0 Å². The van der Waals surface area contributed by atoms with Gasteiger partial charge in [0, 0.05) is 12.8 Å². The van der Waals surface area contributed by atoms with Gasteiger partial charge in [-0.25, -0.2) is 4.57 Å². The summed E-state index contributed by atoms with van der Waals surface area (Å²) in [4.78, 5) is 34.9. The van der Waals surface area contributed by atoms with Crippen molar-refractivity contribution in [2.45, 2.75) is 219 Å². The summed E-state index contributed by atoms with van der Waals surface area (Å²) in [5, 5.41) is 18.3. The maximum atomic E-state index is 12.6. The normalized spacial score (nSPS) is 13.9. The van der Waals surface area contributed by atoms with Gasteiger partial charge in [0.1, 0.15) is 12.7 Å².